The number of nitrogens with one attached hydrogen (secondary N) is 1. The molecule has 1 rings (SSSR count). The van der Waals surface area contributed by atoms with E-state index in [4.69, 9.17) is 5.84 Å². The van der Waals surface area contributed by atoms with Gasteiger partial charge in [-0.3, -0.25) is 16.0 Å². The highest BCUT2D eigenvalue weighted by Gasteiger charge is 2.28. The van der Waals surface area contributed by atoms with Crippen LogP contribution in [0.25, 0.3) is 0 Å². The number of aryl methyl sites for hydroxylation is 1. The molecule has 0 aliphatic heterocycles. The van der Waals surface area contributed by atoms with Gasteiger partial charge in [0.05, 0.1) is 0 Å². The van der Waals surface area contributed by atoms with Crippen LogP contribution in [0.15, 0.2) is 6.33 Å². The first-order valence-corrected chi connectivity index (χ1v) is 6.38. The van der Waals surface area contributed by atoms with Crippen molar-refractivity contribution in [3.05, 3.63) is 12.2 Å². The fourth-order valence-corrected chi connectivity index (χ4v) is 1.83. The van der Waals surface area contributed by atoms with Gasteiger partial charge in [0.2, 0.25) is 0 Å². The Balaban J connectivity index is 2.77. The number of nitrogens with zero attached hydrogens (tertiary/aromatic N) is 3. The number of hydrazine groups is 1. The van der Waals surface area contributed by atoms with E-state index in [2.05, 4.69) is 43.2 Å². The molecule has 0 spiro atoms. The molecule has 1 heterocycles. The van der Waals surface area contributed by atoms with Gasteiger partial charge in [0.15, 0.2) is 0 Å². The van der Waals surface area contributed by atoms with E-state index in [-0.39, 0.29) is 11.5 Å². The standard InChI is InChI=1S/C12H25N5/c1-5-7-17-11(14-9-15-17)8-10(16-13)12(3,4)6-2/h9-10,16H,5-8,13H2,1-4H3. The Morgan fingerprint density at radius 2 is 2.18 bits per heavy atom. The second kappa shape index (κ2) is 6.12. The minimum atomic E-state index is 0.151. The molecule has 0 saturated carbocycles. The molecule has 98 valence electrons. The average Bonchev–Trinajstić information content (AvgIpc) is 2.73. The topological polar surface area (TPSA) is 68.8 Å². The van der Waals surface area contributed by atoms with Crippen molar-refractivity contribution in [1.29, 1.82) is 0 Å². The SMILES string of the molecule is CCCn1ncnc1CC(NN)C(C)(C)CC. The minimum absolute atomic E-state index is 0.151. The van der Waals surface area contributed by atoms with Crippen LogP contribution in [0, 0.1) is 5.41 Å². The normalized spacial score (nSPS) is 13.9. The fourth-order valence-electron chi connectivity index (χ4n) is 1.83. The highest BCUT2D eigenvalue weighted by Crippen LogP contribution is 2.26. The monoisotopic (exact) mass is 239 g/mol. The van der Waals surface area contributed by atoms with Gasteiger partial charge in [-0.15, -0.1) is 0 Å². The highest BCUT2D eigenvalue weighted by molar-refractivity contribution is 4.94. The first-order chi connectivity index (χ1) is 8.05. The van der Waals surface area contributed by atoms with Gasteiger partial charge in [-0.2, -0.15) is 5.10 Å². The lowest BCUT2D eigenvalue weighted by molar-refractivity contribution is 0.227. The molecule has 3 N–H and O–H groups in total. The third-order valence-electron chi connectivity index (χ3n) is 3.57. The summed E-state index contributed by atoms with van der Waals surface area (Å²) in [6.07, 6.45) is 4.58. The van der Waals surface area contributed by atoms with E-state index in [1.807, 2.05) is 4.68 Å². The van der Waals surface area contributed by atoms with Gasteiger partial charge < -0.3 is 0 Å². The Kier molecular flexibility index (Phi) is 5.08. The van der Waals surface area contributed by atoms with Gasteiger partial charge in [-0.05, 0) is 18.3 Å². The zero-order valence-corrected chi connectivity index (χ0v) is 11.4. The first kappa shape index (κ1) is 14.1. The molecule has 0 fully saturated rings. The molecule has 17 heavy (non-hydrogen) atoms. The van der Waals surface area contributed by atoms with Crippen LogP contribution in [0.2, 0.25) is 0 Å². The van der Waals surface area contributed by atoms with Crippen molar-refractivity contribution < 1.29 is 0 Å². The van der Waals surface area contributed by atoms with Crippen molar-refractivity contribution in [3.63, 3.8) is 0 Å². The maximum absolute atomic E-state index is 5.67. The van der Waals surface area contributed by atoms with E-state index < -0.39 is 0 Å². The molecule has 0 radical (unpaired) electrons. The minimum Gasteiger partial charge on any atom is -0.271 e. The molecule has 1 atom stereocenters. The van der Waals surface area contributed by atoms with Crippen LogP contribution in [0.4, 0.5) is 0 Å². The van der Waals surface area contributed by atoms with Crippen molar-refractivity contribution in [1.82, 2.24) is 20.2 Å². The molecule has 0 saturated heterocycles. The van der Waals surface area contributed by atoms with Crippen LogP contribution in [-0.2, 0) is 13.0 Å². The Labute approximate surface area is 104 Å². The Hall–Kier alpha value is -0.940. The van der Waals surface area contributed by atoms with Crippen molar-refractivity contribution in [2.75, 3.05) is 0 Å². The van der Waals surface area contributed by atoms with E-state index in [0.29, 0.717) is 0 Å². The van der Waals surface area contributed by atoms with E-state index >= 15 is 0 Å². The highest BCUT2D eigenvalue weighted by atomic mass is 15.3. The van der Waals surface area contributed by atoms with Gasteiger partial charge in [-0.25, -0.2) is 4.98 Å². The number of rotatable bonds is 7. The molecule has 1 unspecified atom stereocenters. The van der Waals surface area contributed by atoms with Gasteiger partial charge in [-0.1, -0.05) is 27.7 Å². The molecule has 1 aromatic heterocycles. The van der Waals surface area contributed by atoms with Crippen LogP contribution in [0.1, 0.15) is 46.4 Å². The van der Waals surface area contributed by atoms with Gasteiger partial charge in [0.25, 0.3) is 0 Å². The average molecular weight is 239 g/mol. The zero-order chi connectivity index (χ0) is 12.9. The lowest BCUT2D eigenvalue weighted by atomic mass is 9.80. The third-order valence-corrected chi connectivity index (χ3v) is 3.57. The van der Waals surface area contributed by atoms with E-state index in [1.54, 1.807) is 6.33 Å². The summed E-state index contributed by atoms with van der Waals surface area (Å²) < 4.78 is 1.97. The molecule has 0 aliphatic rings. The summed E-state index contributed by atoms with van der Waals surface area (Å²) in [6.45, 7) is 9.68. The largest absolute Gasteiger partial charge is 0.271 e. The van der Waals surface area contributed by atoms with E-state index in [0.717, 1.165) is 31.6 Å². The second-order valence-electron chi connectivity index (χ2n) is 5.16. The van der Waals surface area contributed by atoms with Gasteiger partial charge in [0.1, 0.15) is 12.2 Å². The number of nitrogens with two attached hydrogens (primary N) is 1. The van der Waals surface area contributed by atoms with Crippen LogP contribution < -0.4 is 11.3 Å². The van der Waals surface area contributed by atoms with Gasteiger partial charge in [0, 0.05) is 19.0 Å². The lowest BCUT2D eigenvalue weighted by Gasteiger charge is -2.32. The maximum atomic E-state index is 5.67. The molecule has 0 bridgehead atoms. The molecular formula is C12H25N5. The maximum Gasteiger partial charge on any atom is 0.138 e. The smallest absolute Gasteiger partial charge is 0.138 e. The molecule has 0 aliphatic carbocycles. The summed E-state index contributed by atoms with van der Waals surface area (Å²) in [5.74, 6) is 6.68. The molecular weight excluding hydrogens is 214 g/mol. The van der Waals surface area contributed by atoms with Crippen molar-refractivity contribution >= 4 is 0 Å². The predicted molar refractivity (Wildman–Crippen MR) is 69.2 cm³/mol. The number of hydrogen-bond acceptors (Lipinski definition) is 4. The lowest BCUT2D eigenvalue weighted by Crippen LogP contribution is -2.47. The van der Waals surface area contributed by atoms with Crippen LogP contribution >= 0.6 is 0 Å². The van der Waals surface area contributed by atoms with Crippen LogP contribution in [0.5, 0.6) is 0 Å². The quantitative estimate of drug-likeness (QED) is 0.559. The fraction of sp³-hybridized carbons (Fsp3) is 0.833. The number of aromatic nitrogens is 3. The first-order valence-electron chi connectivity index (χ1n) is 6.38. The predicted octanol–water partition coefficient (Wildman–Crippen LogP) is 1.50. The summed E-state index contributed by atoms with van der Waals surface area (Å²) in [7, 11) is 0. The Bertz CT molecular complexity index is 331. The summed E-state index contributed by atoms with van der Waals surface area (Å²) >= 11 is 0. The summed E-state index contributed by atoms with van der Waals surface area (Å²) in [5, 5.41) is 4.24. The second-order valence-corrected chi connectivity index (χ2v) is 5.16. The zero-order valence-electron chi connectivity index (χ0n) is 11.4. The molecule has 1 aromatic rings. The van der Waals surface area contributed by atoms with Crippen molar-refractivity contribution in [2.45, 2.75) is 59.5 Å². The van der Waals surface area contributed by atoms with E-state index in [9.17, 15) is 0 Å². The van der Waals surface area contributed by atoms with Crippen molar-refractivity contribution in [3.8, 4) is 0 Å². The Morgan fingerprint density at radius 1 is 1.47 bits per heavy atom. The molecule has 5 nitrogen and oxygen atoms in total. The van der Waals surface area contributed by atoms with Crippen LogP contribution in [-0.4, -0.2) is 20.8 Å². The van der Waals surface area contributed by atoms with Crippen LogP contribution in [0.3, 0.4) is 0 Å². The molecule has 0 aromatic carbocycles. The van der Waals surface area contributed by atoms with E-state index in [1.165, 1.54) is 0 Å². The van der Waals surface area contributed by atoms with Crippen molar-refractivity contribution in [2.24, 2.45) is 11.3 Å². The number of hydrogen-bond donors (Lipinski definition) is 2. The summed E-state index contributed by atoms with van der Waals surface area (Å²) in [5.41, 5.74) is 3.07. The Morgan fingerprint density at radius 3 is 2.71 bits per heavy atom. The third kappa shape index (κ3) is 3.51. The molecule has 5 heteroatoms. The summed E-state index contributed by atoms with van der Waals surface area (Å²) in [6, 6.07) is 0.215. The van der Waals surface area contributed by atoms with Gasteiger partial charge >= 0.3 is 0 Å². The molecule has 0 amide bonds. The summed E-state index contributed by atoms with van der Waals surface area (Å²) in [4.78, 5) is 4.33.